The van der Waals surface area contributed by atoms with Gasteiger partial charge in [0.05, 0.1) is 0 Å². The number of amides is 2. The number of nitrogens with one attached hydrogen (secondary N) is 3. The van der Waals surface area contributed by atoms with Crippen molar-refractivity contribution >= 4 is 29.1 Å². The summed E-state index contributed by atoms with van der Waals surface area (Å²) in [5.74, 6) is 0.473. The molecule has 0 saturated heterocycles. The predicted octanol–water partition coefficient (Wildman–Crippen LogP) is 2.17. The number of hydrogen-bond donors (Lipinski definition) is 3. The van der Waals surface area contributed by atoms with Crippen molar-refractivity contribution in [3.05, 3.63) is 0 Å². The van der Waals surface area contributed by atoms with Crippen LogP contribution < -0.4 is 16.2 Å². The molecule has 0 bridgehead atoms. The molecule has 21 heavy (non-hydrogen) atoms. The van der Waals surface area contributed by atoms with E-state index in [2.05, 4.69) is 16.2 Å². The Labute approximate surface area is 131 Å². The molecule has 2 aliphatic carbocycles. The highest BCUT2D eigenvalue weighted by molar-refractivity contribution is 7.80. The van der Waals surface area contributed by atoms with Gasteiger partial charge < -0.3 is 5.32 Å². The first kappa shape index (κ1) is 16.2. The van der Waals surface area contributed by atoms with Gasteiger partial charge in [0.15, 0.2) is 5.11 Å². The van der Waals surface area contributed by atoms with Gasteiger partial charge in [-0.3, -0.25) is 20.4 Å². The number of carbonyl (C=O) groups is 2. The molecule has 0 aliphatic heterocycles. The van der Waals surface area contributed by atoms with E-state index < -0.39 is 0 Å². The highest BCUT2D eigenvalue weighted by Gasteiger charge is 2.21. The monoisotopic (exact) mass is 311 g/mol. The zero-order valence-electron chi connectivity index (χ0n) is 12.5. The second-order valence-corrected chi connectivity index (χ2v) is 6.59. The third-order valence-electron chi connectivity index (χ3n) is 4.48. The van der Waals surface area contributed by atoms with Crippen LogP contribution >= 0.6 is 12.2 Å². The average molecular weight is 311 g/mol. The van der Waals surface area contributed by atoms with Crippen LogP contribution in [0.15, 0.2) is 0 Å². The fourth-order valence-electron chi connectivity index (χ4n) is 3.27. The molecule has 5 nitrogen and oxygen atoms in total. The van der Waals surface area contributed by atoms with Crippen LogP contribution in [0.3, 0.4) is 0 Å². The van der Waals surface area contributed by atoms with E-state index in [1.165, 1.54) is 19.3 Å². The predicted molar refractivity (Wildman–Crippen MR) is 85.2 cm³/mol. The lowest BCUT2D eigenvalue weighted by molar-refractivity contribution is -0.126. The van der Waals surface area contributed by atoms with Crippen molar-refractivity contribution in [1.29, 1.82) is 0 Å². The molecular weight excluding hydrogens is 286 g/mol. The van der Waals surface area contributed by atoms with Gasteiger partial charge in [0.2, 0.25) is 11.8 Å². The van der Waals surface area contributed by atoms with Gasteiger partial charge in [0.1, 0.15) is 0 Å². The molecule has 0 aromatic heterocycles. The number of hydrazine groups is 1. The molecule has 2 saturated carbocycles. The van der Waals surface area contributed by atoms with E-state index in [4.69, 9.17) is 12.2 Å². The zero-order chi connectivity index (χ0) is 15.1. The summed E-state index contributed by atoms with van der Waals surface area (Å²) in [7, 11) is 0. The van der Waals surface area contributed by atoms with E-state index in [0.717, 1.165) is 38.5 Å². The minimum absolute atomic E-state index is 0.0258. The maximum Gasteiger partial charge on any atom is 0.241 e. The van der Waals surface area contributed by atoms with E-state index in [1.54, 1.807) is 0 Å². The van der Waals surface area contributed by atoms with Crippen LogP contribution in [-0.2, 0) is 9.59 Å². The Bertz CT molecular complexity index is 388. The van der Waals surface area contributed by atoms with Crippen LogP contribution in [0, 0.1) is 11.8 Å². The maximum atomic E-state index is 11.9. The normalized spacial score (nSPS) is 20.0. The van der Waals surface area contributed by atoms with Gasteiger partial charge >= 0.3 is 0 Å². The smallest absolute Gasteiger partial charge is 0.241 e. The first-order chi connectivity index (χ1) is 10.1. The molecule has 0 atom stereocenters. The summed E-state index contributed by atoms with van der Waals surface area (Å²) >= 11 is 5.03. The van der Waals surface area contributed by atoms with Crippen molar-refractivity contribution in [2.24, 2.45) is 11.8 Å². The van der Waals surface area contributed by atoms with Crippen LogP contribution in [0.4, 0.5) is 0 Å². The summed E-state index contributed by atoms with van der Waals surface area (Å²) in [5.41, 5.74) is 5.24. The number of carbonyl (C=O) groups excluding carboxylic acids is 2. The van der Waals surface area contributed by atoms with Gasteiger partial charge in [-0.2, -0.15) is 0 Å². The Morgan fingerprint density at radius 1 is 0.905 bits per heavy atom. The summed E-state index contributed by atoms with van der Waals surface area (Å²) in [4.78, 5) is 23.7. The molecule has 0 unspecified atom stereocenters. The molecule has 2 rings (SSSR count). The van der Waals surface area contributed by atoms with Crippen LogP contribution in [0.5, 0.6) is 0 Å². The van der Waals surface area contributed by atoms with Gasteiger partial charge in [-0.05, 0) is 43.8 Å². The molecule has 118 valence electrons. The molecule has 0 radical (unpaired) electrons. The van der Waals surface area contributed by atoms with Gasteiger partial charge in [0.25, 0.3) is 0 Å². The van der Waals surface area contributed by atoms with Crippen LogP contribution in [0.2, 0.25) is 0 Å². The highest BCUT2D eigenvalue weighted by atomic mass is 32.1. The number of thiocarbonyl (C=S) groups is 1. The molecule has 6 heteroatoms. The van der Waals surface area contributed by atoms with E-state index in [9.17, 15) is 9.59 Å². The second kappa shape index (κ2) is 8.32. The summed E-state index contributed by atoms with van der Waals surface area (Å²) in [6.07, 6.45) is 10.5. The largest absolute Gasteiger partial charge is 0.302 e. The summed E-state index contributed by atoms with van der Waals surface area (Å²) in [5, 5.41) is 2.81. The highest BCUT2D eigenvalue weighted by Crippen LogP contribution is 2.27. The molecule has 0 heterocycles. The number of hydrogen-bond acceptors (Lipinski definition) is 3. The number of rotatable bonds is 3. The Morgan fingerprint density at radius 3 is 2.19 bits per heavy atom. The first-order valence-electron chi connectivity index (χ1n) is 8.05. The lowest BCUT2D eigenvalue weighted by Gasteiger charge is -2.21. The standard InChI is InChI=1S/C15H25N3O2S/c19-13(10-11-6-4-5-7-11)16-15(21)18-17-14(20)12-8-2-1-3-9-12/h11-12H,1-10H2,(H,17,20)(H2,16,18,19,21). The average Bonchev–Trinajstić information content (AvgIpc) is 2.98. The Hall–Kier alpha value is -1.17. The van der Waals surface area contributed by atoms with Crippen molar-refractivity contribution in [3.8, 4) is 0 Å². The minimum Gasteiger partial charge on any atom is -0.302 e. The molecule has 0 aromatic carbocycles. The minimum atomic E-state index is -0.0636. The fraction of sp³-hybridized carbons (Fsp3) is 0.800. The lowest BCUT2D eigenvalue weighted by atomic mass is 9.89. The van der Waals surface area contributed by atoms with E-state index >= 15 is 0 Å². The zero-order valence-corrected chi connectivity index (χ0v) is 13.3. The Kier molecular flexibility index (Phi) is 6.42. The Balaban J connectivity index is 1.62. The van der Waals surface area contributed by atoms with Gasteiger partial charge in [-0.1, -0.05) is 32.1 Å². The molecule has 0 aromatic rings. The van der Waals surface area contributed by atoms with Crippen LogP contribution in [0.1, 0.15) is 64.2 Å². The topological polar surface area (TPSA) is 70.2 Å². The Morgan fingerprint density at radius 2 is 1.52 bits per heavy atom. The lowest BCUT2D eigenvalue weighted by Crippen LogP contribution is -2.50. The summed E-state index contributed by atoms with van der Waals surface area (Å²) < 4.78 is 0. The SMILES string of the molecule is O=C(CC1CCCC1)NC(=S)NNC(=O)C1CCCCC1. The van der Waals surface area contributed by atoms with Crippen LogP contribution in [0.25, 0.3) is 0 Å². The summed E-state index contributed by atoms with van der Waals surface area (Å²) in [6.45, 7) is 0. The third kappa shape index (κ3) is 5.61. The van der Waals surface area contributed by atoms with Crippen molar-refractivity contribution in [1.82, 2.24) is 16.2 Å². The van der Waals surface area contributed by atoms with Crippen molar-refractivity contribution < 1.29 is 9.59 Å². The third-order valence-corrected chi connectivity index (χ3v) is 4.68. The summed E-state index contributed by atoms with van der Waals surface area (Å²) in [6, 6.07) is 0. The fourth-order valence-corrected chi connectivity index (χ4v) is 3.44. The molecule has 0 spiro atoms. The van der Waals surface area contributed by atoms with E-state index in [0.29, 0.717) is 12.3 Å². The second-order valence-electron chi connectivity index (χ2n) is 6.18. The van der Waals surface area contributed by atoms with Crippen molar-refractivity contribution in [3.63, 3.8) is 0 Å². The van der Waals surface area contributed by atoms with Crippen LogP contribution in [-0.4, -0.2) is 16.9 Å². The van der Waals surface area contributed by atoms with Gasteiger partial charge in [-0.15, -0.1) is 0 Å². The molecule has 2 aliphatic rings. The van der Waals surface area contributed by atoms with Crippen molar-refractivity contribution in [2.45, 2.75) is 64.2 Å². The van der Waals surface area contributed by atoms with Gasteiger partial charge in [-0.25, -0.2) is 0 Å². The van der Waals surface area contributed by atoms with E-state index in [1.807, 2.05) is 0 Å². The molecule has 2 amide bonds. The first-order valence-corrected chi connectivity index (χ1v) is 8.45. The maximum absolute atomic E-state index is 11.9. The molecular formula is C15H25N3O2S. The molecule has 2 fully saturated rings. The molecule has 3 N–H and O–H groups in total. The van der Waals surface area contributed by atoms with E-state index in [-0.39, 0.29) is 22.8 Å². The van der Waals surface area contributed by atoms with Gasteiger partial charge in [0, 0.05) is 12.3 Å². The van der Waals surface area contributed by atoms with Crippen molar-refractivity contribution in [2.75, 3.05) is 0 Å². The quantitative estimate of drug-likeness (QED) is 0.552.